The number of nitrogens with one attached hydrogen (secondary N) is 2. The van der Waals surface area contributed by atoms with Gasteiger partial charge in [-0.3, -0.25) is 5.10 Å². The summed E-state index contributed by atoms with van der Waals surface area (Å²) in [6.07, 6.45) is -2.55. The molecule has 104 valence electrons. The van der Waals surface area contributed by atoms with Crippen molar-refractivity contribution in [3.63, 3.8) is 0 Å². The van der Waals surface area contributed by atoms with Gasteiger partial charge in [-0.25, -0.2) is 0 Å². The largest absolute Gasteiger partial charge is 0.433 e. The van der Waals surface area contributed by atoms with Crippen molar-refractivity contribution < 1.29 is 13.2 Å². The predicted octanol–water partition coefficient (Wildman–Crippen LogP) is 3.07. The zero-order valence-electron chi connectivity index (χ0n) is 10.5. The second-order valence-electron chi connectivity index (χ2n) is 4.61. The Morgan fingerprint density at radius 3 is 2.55 bits per heavy atom. The number of fused-ring (bicyclic) bond motifs is 1. The third-order valence-corrected chi connectivity index (χ3v) is 3.21. The summed E-state index contributed by atoms with van der Waals surface area (Å²) in [5, 5.41) is 8.95. The quantitative estimate of drug-likeness (QED) is 0.842. The summed E-state index contributed by atoms with van der Waals surface area (Å²) in [6, 6.07) is 9.46. The molecule has 0 amide bonds. The van der Waals surface area contributed by atoms with E-state index >= 15 is 0 Å². The topological polar surface area (TPSA) is 40.7 Å². The summed E-state index contributed by atoms with van der Waals surface area (Å²) in [6.45, 7) is 0.677. The minimum Gasteiger partial charge on any atom is -0.308 e. The molecule has 0 radical (unpaired) electrons. The Morgan fingerprint density at radius 2 is 1.85 bits per heavy atom. The van der Waals surface area contributed by atoms with Gasteiger partial charge in [0.25, 0.3) is 0 Å². The smallest absolute Gasteiger partial charge is 0.308 e. The molecule has 6 heteroatoms. The van der Waals surface area contributed by atoms with Gasteiger partial charge < -0.3 is 5.32 Å². The average Bonchev–Trinajstić information content (AvgIpc) is 2.85. The first-order valence-corrected chi connectivity index (χ1v) is 6.17. The highest BCUT2D eigenvalue weighted by molar-refractivity contribution is 5.83. The SMILES string of the molecule is FC(F)(F)c1[nH]nc2c1CNCC2=Cc1ccccc1. The van der Waals surface area contributed by atoms with Gasteiger partial charge in [0.1, 0.15) is 5.69 Å². The minimum atomic E-state index is -4.41. The molecule has 0 fully saturated rings. The molecule has 1 aliphatic heterocycles. The lowest BCUT2D eigenvalue weighted by molar-refractivity contribution is -0.141. The number of benzene rings is 1. The summed E-state index contributed by atoms with van der Waals surface area (Å²) in [5.74, 6) is 0. The van der Waals surface area contributed by atoms with E-state index in [1.165, 1.54) is 0 Å². The van der Waals surface area contributed by atoms with Crippen molar-refractivity contribution in [1.29, 1.82) is 0 Å². The van der Waals surface area contributed by atoms with Gasteiger partial charge in [-0.15, -0.1) is 0 Å². The van der Waals surface area contributed by atoms with Crippen LogP contribution in [0.25, 0.3) is 11.6 Å². The summed E-state index contributed by atoms with van der Waals surface area (Å²) >= 11 is 0. The molecule has 2 aromatic rings. The first-order chi connectivity index (χ1) is 9.55. The van der Waals surface area contributed by atoms with Crippen LogP contribution in [0.2, 0.25) is 0 Å². The molecule has 0 saturated heterocycles. The van der Waals surface area contributed by atoms with Crippen molar-refractivity contribution in [3.05, 3.63) is 52.8 Å². The fraction of sp³-hybridized carbons (Fsp3) is 0.214. The van der Waals surface area contributed by atoms with E-state index in [4.69, 9.17) is 0 Å². The molecule has 0 bridgehead atoms. The first kappa shape index (κ1) is 12.9. The van der Waals surface area contributed by atoms with Crippen molar-refractivity contribution in [2.24, 2.45) is 0 Å². The van der Waals surface area contributed by atoms with E-state index in [0.29, 0.717) is 12.2 Å². The standard InChI is InChI=1S/C14H12F3N3/c15-14(16,17)13-11-8-18-7-10(12(11)19-20-13)6-9-4-2-1-3-5-9/h1-6,18H,7-8H2,(H,19,20). The van der Waals surface area contributed by atoms with E-state index in [1.54, 1.807) is 0 Å². The van der Waals surface area contributed by atoms with Crippen LogP contribution in [0.4, 0.5) is 13.2 Å². The molecule has 0 unspecified atom stereocenters. The Morgan fingerprint density at radius 1 is 1.10 bits per heavy atom. The summed E-state index contributed by atoms with van der Waals surface area (Å²) in [7, 11) is 0. The highest BCUT2D eigenvalue weighted by Gasteiger charge is 2.38. The lowest BCUT2D eigenvalue weighted by Crippen LogP contribution is -2.24. The Balaban J connectivity index is 2.04. The van der Waals surface area contributed by atoms with Gasteiger partial charge in [-0.05, 0) is 17.2 Å². The number of rotatable bonds is 1. The van der Waals surface area contributed by atoms with E-state index in [0.717, 1.165) is 11.1 Å². The van der Waals surface area contributed by atoms with Gasteiger partial charge in [-0.2, -0.15) is 18.3 Å². The zero-order chi connectivity index (χ0) is 14.2. The van der Waals surface area contributed by atoms with Crippen molar-refractivity contribution in [2.75, 3.05) is 6.54 Å². The molecule has 3 nitrogen and oxygen atoms in total. The maximum atomic E-state index is 12.8. The highest BCUT2D eigenvalue weighted by atomic mass is 19.4. The molecule has 20 heavy (non-hydrogen) atoms. The predicted molar refractivity (Wildman–Crippen MR) is 69.6 cm³/mol. The summed E-state index contributed by atoms with van der Waals surface area (Å²) in [4.78, 5) is 0. The highest BCUT2D eigenvalue weighted by Crippen LogP contribution is 2.35. The molecular weight excluding hydrogens is 267 g/mol. The van der Waals surface area contributed by atoms with Crippen molar-refractivity contribution in [3.8, 4) is 0 Å². The van der Waals surface area contributed by atoms with Crippen LogP contribution in [0.5, 0.6) is 0 Å². The van der Waals surface area contributed by atoms with E-state index in [2.05, 4.69) is 15.5 Å². The molecule has 0 aliphatic carbocycles. The molecule has 0 saturated carbocycles. The number of alkyl halides is 3. The number of H-pyrrole nitrogens is 1. The van der Waals surface area contributed by atoms with Crippen LogP contribution in [-0.2, 0) is 12.7 Å². The Bertz CT molecular complexity index is 641. The van der Waals surface area contributed by atoms with Crippen molar-refractivity contribution >= 4 is 11.6 Å². The van der Waals surface area contributed by atoms with Crippen LogP contribution in [0.15, 0.2) is 30.3 Å². The lowest BCUT2D eigenvalue weighted by Gasteiger charge is -2.17. The third-order valence-electron chi connectivity index (χ3n) is 3.21. The third kappa shape index (κ3) is 2.34. The number of hydrogen-bond donors (Lipinski definition) is 2. The van der Waals surface area contributed by atoms with E-state index in [1.807, 2.05) is 36.4 Å². The molecule has 1 aromatic heterocycles. The fourth-order valence-electron chi connectivity index (χ4n) is 2.31. The molecule has 0 spiro atoms. The molecule has 2 heterocycles. The number of aromatic amines is 1. The van der Waals surface area contributed by atoms with Gasteiger partial charge in [0.05, 0.1) is 5.69 Å². The molecule has 3 rings (SSSR count). The molecular formula is C14H12F3N3. The van der Waals surface area contributed by atoms with E-state index < -0.39 is 11.9 Å². The van der Waals surface area contributed by atoms with Gasteiger partial charge in [0.2, 0.25) is 0 Å². The average molecular weight is 279 g/mol. The number of hydrogen-bond acceptors (Lipinski definition) is 2. The Kier molecular flexibility index (Phi) is 3.10. The minimum absolute atomic E-state index is 0.173. The van der Waals surface area contributed by atoms with Gasteiger partial charge in [-0.1, -0.05) is 30.3 Å². The first-order valence-electron chi connectivity index (χ1n) is 6.17. The Labute approximate surface area is 113 Å². The van der Waals surface area contributed by atoms with Gasteiger partial charge >= 0.3 is 6.18 Å². The van der Waals surface area contributed by atoms with Crippen LogP contribution in [0.3, 0.4) is 0 Å². The number of nitrogens with zero attached hydrogens (tertiary/aromatic N) is 1. The zero-order valence-corrected chi connectivity index (χ0v) is 10.5. The van der Waals surface area contributed by atoms with E-state index in [9.17, 15) is 13.2 Å². The van der Waals surface area contributed by atoms with Gasteiger partial charge in [0.15, 0.2) is 0 Å². The maximum Gasteiger partial charge on any atom is 0.433 e. The molecule has 0 atom stereocenters. The number of halogens is 3. The van der Waals surface area contributed by atoms with Crippen LogP contribution in [0, 0.1) is 0 Å². The van der Waals surface area contributed by atoms with Crippen LogP contribution in [0.1, 0.15) is 22.5 Å². The van der Waals surface area contributed by atoms with Crippen LogP contribution < -0.4 is 5.32 Å². The maximum absolute atomic E-state index is 12.8. The summed E-state index contributed by atoms with van der Waals surface area (Å²) < 4.78 is 38.5. The molecule has 1 aliphatic rings. The van der Waals surface area contributed by atoms with Crippen molar-refractivity contribution in [2.45, 2.75) is 12.7 Å². The van der Waals surface area contributed by atoms with Crippen LogP contribution >= 0.6 is 0 Å². The van der Waals surface area contributed by atoms with Gasteiger partial charge in [0, 0.05) is 18.7 Å². The second-order valence-corrected chi connectivity index (χ2v) is 4.61. The van der Waals surface area contributed by atoms with Crippen LogP contribution in [-0.4, -0.2) is 16.7 Å². The number of aromatic nitrogens is 2. The fourth-order valence-corrected chi connectivity index (χ4v) is 2.31. The summed E-state index contributed by atoms with van der Waals surface area (Å²) in [5.41, 5.74) is 1.52. The molecule has 1 aromatic carbocycles. The molecule has 2 N–H and O–H groups in total. The normalized spacial score (nSPS) is 17.2. The van der Waals surface area contributed by atoms with Crippen molar-refractivity contribution in [1.82, 2.24) is 15.5 Å². The second kappa shape index (κ2) is 4.79. The Hall–Kier alpha value is -2.08. The monoisotopic (exact) mass is 279 g/mol. The van der Waals surface area contributed by atoms with E-state index in [-0.39, 0.29) is 12.1 Å². The lowest BCUT2D eigenvalue weighted by atomic mass is 9.99.